The zero-order valence-electron chi connectivity index (χ0n) is 15.1. The number of cyclic esters (lactones) is 1. The summed E-state index contributed by atoms with van der Waals surface area (Å²) in [7, 11) is 0. The van der Waals surface area contributed by atoms with E-state index in [9.17, 15) is 9.59 Å². The molecular formula is C21H26N2O3. The molecule has 2 amide bonds. The van der Waals surface area contributed by atoms with Gasteiger partial charge in [-0.3, -0.25) is 4.79 Å². The molecule has 2 saturated heterocycles. The Labute approximate surface area is 154 Å². The first-order chi connectivity index (χ1) is 12.6. The van der Waals surface area contributed by atoms with Crippen LogP contribution in [0.3, 0.4) is 0 Å². The molecule has 2 aliphatic heterocycles. The van der Waals surface area contributed by atoms with Crippen LogP contribution < -0.4 is 5.32 Å². The molecule has 26 heavy (non-hydrogen) atoms. The minimum Gasteiger partial charge on any atom is -0.447 e. The lowest BCUT2D eigenvalue weighted by atomic mass is 9.68. The molecule has 0 aromatic heterocycles. The Morgan fingerprint density at radius 2 is 1.58 bits per heavy atom. The highest BCUT2D eigenvalue weighted by Crippen LogP contribution is 2.43. The van der Waals surface area contributed by atoms with E-state index in [4.69, 9.17) is 4.74 Å². The van der Waals surface area contributed by atoms with Gasteiger partial charge in [0.1, 0.15) is 6.61 Å². The fourth-order valence-corrected chi connectivity index (χ4v) is 4.92. The number of piperidine rings is 1. The van der Waals surface area contributed by atoms with E-state index in [1.54, 1.807) is 0 Å². The molecule has 0 radical (unpaired) electrons. The molecular weight excluding hydrogens is 328 g/mol. The van der Waals surface area contributed by atoms with E-state index in [0.29, 0.717) is 12.5 Å². The van der Waals surface area contributed by atoms with E-state index in [2.05, 4.69) is 29.6 Å². The summed E-state index contributed by atoms with van der Waals surface area (Å²) in [4.78, 5) is 26.0. The Morgan fingerprint density at radius 1 is 1.00 bits per heavy atom. The number of hydrogen-bond donors (Lipinski definition) is 1. The fraction of sp³-hybridized carbons (Fsp3) is 0.619. The second-order valence-electron chi connectivity index (χ2n) is 8.63. The Hall–Kier alpha value is -2.04. The highest BCUT2D eigenvalue weighted by molar-refractivity contribution is 5.81. The van der Waals surface area contributed by atoms with Gasteiger partial charge < -0.3 is 15.0 Å². The lowest BCUT2D eigenvalue weighted by Gasteiger charge is -2.45. The minimum atomic E-state index is -0.343. The van der Waals surface area contributed by atoms with Gasteiger partial charge in [-0.05, 0) is 61.5 Å². The van der Waals surface area contributed by atoms with Crippen LogP contribution in [0.25, 0.3) is 0 Å². The van der Waals surface area contributed by atoms with Crippen molar-refractivity contribution in [2.75, 3.05) is 19.7 Å². The third-order valence-electron chi connectivity index (χ3n) is 6.73. The predicted molar refractivity (Wildman–Crippen MR) is 96.9 cm³/mol. The summed E-state index contributed by atoms with van der Waals surface area (Å²) >= 11 is 0. The number of carbonyl (C=O) groups is 2. The standard InChI is InChI=1S/C21H26N2O3/c24-19(18-11-21(12-18)13-26-20(25)22-21)23-9-7-17(8-10-23)16-5-3-15(4-6-16)14-1-2-14/h3-6,14,17-18H,1-2,7-13H2,(H,22,25)/t18-,21+. The minimum absolute atomic E-state index is 0.0476. The van der Waals surface area contributed by atoms with Crippen molar-refractivity contribution in [2.45, 2.75) is 55.9 Å². The smallest absolute Gasteiger partial charge is 0.407 e. The van der Waals surface area contributed by atoms with Gasteiger partial charge in [-0.25, -0.2) is 4.79 Å². The topological polar surface area (TPSA) is 58.6 Å². The van der Waals surface area contributed by atoms with E-state index in [1.165, 1.54) is 24.0 Å². The number of alkyl carbamates (subject to hydrolysis) is 1. The summed E-state index contributed by atoms with van der Waals surface area (Å²) in [5, 5.41) is 2.87. The highest BCUT2D eigenvalue weighted by Gasteiger charge is 2.53. The molecule has 0 unspecified atom stereocenters. The maximum absolute atomic E-state index is 12.7. The number of likely N-dealkylation sites (tertiary alicyclic amines) is 1. The predicted octanol–water partition coefficient (Wildman–Crippen LogP) is 3.16. The van der Waals surface area contributed by atoms with E-state index < -0.39 is 0 Å². The number of hydrogen-bond acceptors (Lipinski definition) is 3. The molecule has 4 aliphatic rings. The number of ether oxygens (including phenoxy) is 1. The molecule has 2 heterocycles. The van der Waals surface area contributed by atoms with E-state index >= 15 is 0 Å². The van der Waals surface area contributed by atoms with Gasteiger partial charge in [0.25, 0.3) is 0 Å². The number of benzene rings is 1. The van der Waals surface area contributed by atoms with Gasteiger partial charge in [0.15, 0.2) is 0 Å². The molecule has 0 bridgehead atoms. The zero-order chi connectivity index (χ0) is 17.7. The molecule has 1 aromatic carbocycles. The second-order valence-corrected chi connectivity index (χ2v) is 8.63. The Morgan fingerprint density at radius 3 is 2.08 bits per heavy atom. The lowest BCUT2D eigenvalue weighted by molar-refractivity contribution is -0.142. The van der Waals surface area contributed by atoms with Gasteiger partial charge in [0, 0.05) is 19.0 Å². The monoisotopic (exact) mass is 354 g/mol. The maximum Gasteiger partial charge on any atom is 0.407 e. The van der Waals surface area contributed by atoms with Gasteiger partial charge >= 0.3 is 6.09 Å². The SMILES string of the molecule is O=C1N[C@]2(CO1)C[C@H](C(=O)N1CCC(c3ccc(C4CC4)cc3)CC1)C2. The number of nitrogens with one attached hydrogen (secondary N) is 1. The third kappa shape index (κ3) is 2.87. The summed E-state index contributed by atoms with van der Waals surface area (Å²) < 4.78 is 5.00. The van der Waals surface area contributed by atoms with Gasteiger partial charge in [-0.15, -0.1) is 0 Å². The van der Waals surface area contributed by atoms with Crippen molar-refractivity contribution in [3.63, 3.8) is 0 Å². The molecule has 2 aliphatic carbocycles. The van der Waals surface area contributed by atoms with Crippen LogP contribution in [0.4, 0.5) is 4.79 Å². The number of carbonyl (C=O) groups excluding carboxylic acids is 2. The van der Waals surface area contributed by atoms with Crippen molar-refractivity contribution < 1.29 is 14.3 Å². The zero-order valence-corrected chi connectivity index (χ0v) is 15.1. The van der Waals surface area contributed by atoms with Gasteiger partial charge in [0.2, 0.25) is 5.91 Å². The fourth-order valence-electron chi connectivity index (χ4n) is 4.92. The van der Waals surface area contributed by atoms with Crippen LogP contribution in [0.2, 0.25) is 0 Å². The van der Waals surface area contributed by atoms with Crippen molar-refractivity contribution in [3.8, 4) is 0 Å². The highest BCUT2D eigenvalue weighted by atomic mass is 16.6. The Balaban J connectivity index is 1.13. The largest absolute Gasteiger partial charge is 0.447 e. The molecule has 138 valence electrons. The van der Waals surface area contributed by atoms with Crippen LogP contribution >= 0.6 is 0 Å². The van der Waals surface area contributed by atoms with Crippen molar-refractivity contribution in [2.24, 2.45) is 5.92 Å². The van der Waals surface area contributed by atoms with Gasteiger partial charge in [-0.2, -0.15) is 0 Å². The molecule has 4 fully saturated rings. The number of rotatable bonds is 3. The lowest BCUT2D eigenvalue weighted by Crippen LogP contribution is -2.58. The average Bonchev–Trinajstić information content (AvgIpc) is 3.42. The third-order valence-corrected chi connectivity index (χ3v) is 6.73. The van der Waals surface area contributed by atoms with Crippen LogP contribution in [0, 0.1) is 5.92 Å². The first kappa shape index (κ1) is 16.2. The van der Waals surface area contributed by atoms with E-state index in [-0.39, 0.29) is 23.5 Å². The molecule has 1 aromatic rings. The van der Waals surface area contributed by atoms with Crippen LogP contribution in [0.1, 0.15) is 61.5 Å². The first-order valence-corrected chi connectivity index (χ1v) is 9.95. The number of amides is 2. The van der Waals surface area contributed by atoms with E-state index in [0.717, 1.165) is 44.7 Å². The first-order valence-electron chi connectivity index (χ1n) is 9.95. The Bertz CT molecular complexity index is 711. The van der Waals surface area contributed by atoms with Crippen molar-refractivity contribution in [3.05, 3.63) is 35.4 Å². The molecule has 1 N–H and O–H groups in total. The van der Waals surface area contributed by atoms with Crippen LogP contribution in [0.15, 0.2) is 24.3 Å². The number of nitrogens with zero attached hydrogens (tertiary/aromatic N) is 1. The molecule has 5 rings (SSSR count). The summed E-state index contributed by atoms with van der Waals surface area (Å²) in [6.45, 7) is 2.11. The van der Waals surface area contributed by atoms with Crippen LogP contribution in [-0.2, 0) is 9.53 Å². The van der Waals surface area contributed by atoms with Crippen LogP contribution in [0.5, 0.6) is 0 Å². The van der Waals surface area contributed by atoms with Gasteiger partial charge in [-0.1, -0.05) is 24.3 Å². The normalized spacial score (nSPS) is 31.5. The van der Waals surface area contributed by atoms with E-state index in [1.807, 2.05) is 4.90 Å². The molecule has 0 atom stereocenters. The molecule has 5 heteroatoms. The molecule has 2 saturated carbocycles. The Kier molecular flexibility index (Phi) is 3.73. The summed E-state index contributed by atoms with van der Waals surface area (Å²) in [5.74, 6) is 1.69. The molecule has 1 spiro atoms. The average molecular weight is 354 g/mol. The summed E-state index contributed by atoms with van der Waals surface area (Å²) in [5.41, 5.74) is 2.65. The van der Waals surface area contributed by atoms with Crippen molar-refractivity contribution in [1.29, 1.82) is 0 Å². The summed E-state index contributed by atoms with van der Waals surface area (Å²) in [6, 6.07) is 9.20. The maximum atomic E-state index is 12.7. The quantitative estimate of drug-likeness (QED) is 0.907. The van der Waals surface area contributed by atoms with Gasteiger partial charge in [0.05, 0.1) is 5.54 Å². The van der Waals surface area contributed by atoms with Crippen LogP contribution in [-0.4, -0.2) is 42.1 Å². The van der Waals surface area contributed by atoms with Crippen molar-refractivity contribution >= 4 is 12.0 Å². The second kappa shape index (κ2) is 6.00. The van der Waals surface area contributed by atoms with Crippen molar-refractivity contribution in [1.82, 2.24) is 10.2 Å². The molecule has 5 nitrogen and oxygen atoms in total. The summed E-state index contributed by atoms with van der Waals surface area (Å²) in [6.07, 6.45) is 5.89.